The first-order valence-corrected chi connectivity index (χ1v) is 4.59. The average Bonchev–Trinajstić information content (AvgIpc) is 2.60. The van der Waals surface area contributed by atoms with Crippen molar-refractivity contribution >= 4 is 16.9 Å². The quantitative estimate of drug-likeness (QED) is 0.783. The molecule has 2 rings (SSSR count). The van der Waals surface area contributed by atoms with E-state index in [1.807, 2.05) is 6.07 Å². The molecule has 0 saturated heterocycles. The normalized spacial score (nSPS) is 10.7. The van der Waals surface area contributed by atoms with Crippen molar-refractivity contribution in [3.05, 3.63) is 35.6 Å². The Hall–Kier alpha value is -1.81. The number of rotatable bonds is 3. The monoisotopic (exact) mass is 205 g/mol. The van der Waals surface area contributed by atoms with Crippen molar-refractivity contribution in [2.24, 2.45) is 5.73 Å². The van der Waals surface area contributed by atoms with E-state index < -0.39 is 0 Å². The van der Waals surface area contributed by atoms with Crippen LogP contribution in [0.3, 0.4) is 0 Å². The highest BCUT2D eigenvalue weighted by molar-refractivity contribution is 5.87. The maximum atomic E-state index is 10.8. The number of nitrogens with two attached hydrogens (primary N) is 1. The molecule has 4 nitrogen and oxygen atoms in total. The van der Waals surface area contributed by atoms with Crippen LogP contribution in [0, 0.1) is 0 Å². The van der Waals surface area contributed by atoms with Crippen LogP contribution >= 0.6 is 0 Å². The predicted molar refractivity (Wildman–Crippen MR) is 55.0 cm³/mol. The van der Waals surface area contributed by atoms with E-state index in [1.165, 1.54) is 6.26 Å². The van der Waals surface area contributed by atoms with E-state index in [9.17, 15) is 4.79 Å². The smallest absolute Gasteiger partial charge is 0.221 e. The lowest BCUT2D eigenvalue weighted by atomic mass is 10.1. The Labute approximate surface area is 86.3 Å². The molecule has 1 heterocycles. The van der Waals surface area contributed by atoms with Gasteiger partial charge >= 0.3 is 0 Å². The van der Waals surface area contributed by atoms with Crippen LogP contribution in [0.15, 0.2) is 28.9 Å². The number of amides is 1. The summed E-state index contributed by atoms with van der Waals surface area (Å²) >= 11 is 0. The standard InChI is InChI=1S/C11H11NO3/c12-11(14)4-8-6-15-10-3-7(5-13)1-2-9(8)10/h1-3,6,13H,4-5H2,(H2,12,14). The highest BCUT2D eigenvalue weighted by atomic mass is 16.3. The SMILES string of the molecule is NC(=O)Cc1coc2cc(CO)ccc12. The van der Waals surface area contributed by atoms with E-state index in [-0.39, 0.29) is 18.9 Å². The average molecular weight is 205 g/mol. The second-order valence-electron chi connectivity index (χ2n) is 3.39. The fourth-order valence-electron chi connectivity index (χ4n) is 1.55. The topological polar surface area (TPSA) is 76.5 Å². The van der Waals surface area contributed by atoms with Crippen molar-refractivity contribution in [1.82, 2.24) is 0 Å². The first-order chi connectivity index (χ1) is 7.20. The summed E-state index contributed by atoms with van der Waals surface area (Å²) in [5, 5.41) is 9.80. The summed E-state index contributed by atoms with van der Waals surface area (Å²) in [6.45, 7) is -0.0260. The number of furan rings is 1. The molecule has 15 heavy (non-hydrogen) atoms. The van der Waals surface area contributed by atoms with Crippen LogP contribution in [-0.2, 0) is 17.8 Å². The molecular weight excluding hydrogens is 194 g/mol. The van der Waals surface area contributed by atoms with Crippen LogP contribution in [0.1, 0.15) is 11.1 Å². The van der Waals surface area contributed by atoms with Crippen molar-refractivity contribution in [2.75, 3.05) is 0 Å². The van der Waals surface area contributed by atoms with Gasteiger partial charge in [-0.05, 0) is 11.6 Å². The molecule has 0 fully saturated rings. The zero-order valence-corrected chi connectivity index (χ0v) is 8.06. The van der Waals surface area contributed by atoms with Gasteiger partial charge in [0.2, 0.25) is 5.91 Å². The number of carbonyl (C=O) groups excluding carboxylic acids is 1. The van der Waals surface area contributed by atoms with E-state index in [4.69, 9.17) is 15.3 Å². The second kappa shape index (κ2) is 3.74. The highest BCUT2D eigenvalue weighted by Crippen LogP contribution is 2.22. The minimum Gasteiger partial charge on any atom is -0.464 e. The molecule has 0 unspecified atom stereocenters. The Morgan fingerprint density at radius 2 is 2.27 bits per heavy atom. The lowest BCUT2D eigenvalue weighted by Crippen LogP contribution is -2.13. The second-order valence-corrected chi connectivity index (χ2v) is 3.39. The third-order valence-electron chi connectivity index (χ3n) is 2.27. The third kappa shape index (κ3) is 1.85. The summed E-state index contributed by atoms with van der Waals surface area (Å²) < 4.78 is 5.27. The number of primary amides is 1. The zero-order valence-electron chi connectivity index (χ0n) is 8.06. The Bertz CT molecular complexity index is 502. The summed E-state index contributed by atoms with van der Waals surface area (Å²) in [5.74, 6) is -0.385. The van der Waals surface area contributed by atoms with Crippen LogP contribution in [0.5, 0.6) is 0 Å². The Morgan fingerprint density at radius 1 is 1.47 bits per heavy atom. The van der Waals surface area contributed by atoms with Gasteiger partial charge in [0.15, 0.2) is 0 Å². The number of aliphatic hydroxyl groups excluding tert-OH is 1. The molecule has 0 bridgehead atoms. The van der Waals surface area contributed by atoms with E-state index in [0.717, 1.165) is 16.5 Å². The van der Waals surface area contributed by atoms with Gasteiger partial charge in [0.05, 0.1) is 19.3 Å². The van der Waals surface area contributed by atoms with Gasteiger partial charge in [-0.25, -0.2) is 0 Å². The van der Waals surface area contributed by atoms with Gasteiger partial charge in [0.1, 0.15) is 5.58 Å². The Morgan fingerprint density at radius 3 is 2.93 bits per heavy atom. The van der Waals surface area contributed by atoms with Crippen LogP contribution in [0.4, 0.5) is 0 Å². The maximum Gasteiger partial charge on any atom is 0.221 e. The van der Waals surface area contributed by atoms with E-state index in [0.29, 0.717) is 5.58 Å². The first-order valence-electron chi connectivity index (χ1n) is 4.59. The van der Waals surface area contributed by atoms with Gasteiger partial charge in [0.25, 0.3) is 0 Å². The number of carbonyl (C=O) groups is 1. The summed E-state index contributed by atoms with van der Waals surface area (Å²) in [6.07, 6.45) is 1.70. The molecule has 0 aliphatic rings. The Kier molecular flexibility index (Phi) is 2.43. The molecule has 2 aromatic rings. The van der Waals surface area contributed by atoms with Gasteiger partial charge in [0, 0.05) is 10.9 Å². The Balaban J connectivity index is 2.47. The molecule has 4 heteroatoms. The third-order valence-corrected chi connectivity index (χ3v) is 2.27. The van der Waals surface area contributed by atoms with Gasteiger partial charge in [-0.1, -0.05) is 12.1 Å². The fourth-order valence-corrected chi connectivity index (χ4v) is 1.55. The van der Waals surface area contributed by atoms with Crippen molar-refractivity contribution in [3.63, 3.8) is 0 Å². The summed E-state index contributed by atoms with van der Waals surface area (Å²) in [5.41, 5.74) is 7.33. The van der Waals surface area contributed by atoms with Gasteiger partial charge in [-0.15, -0.1) is 0 Å². The molecule has 1 amide bonds. The number of fused-ring (bicyclic) bond motifs is 1. The number of aliphatic hydroxyl groups is 1. The summed E-state index contributed by atoms with van der Waals surface area (Å²) in [6, 6.07) is 5.37. The molecule has 1 aromatic heterocycles. The molecule has 0 atom stereocenters. The van der Waals surface area contributed by atoms with E-state index >= 15 is 0 Å². The molecule has 0 radical (unpaired) electrons. The van der Waals surface area contributed by atoms with E-state index in [1.54, 1.807) is 12.1 Å². The minimum absolute atomic E-state index is 0.0260. The minimum atomic E-state index is -0.385. The van der Waals surface area contributed by atoms with Crippen molar-refractivity contribution < 1.29 is 14.3 Å². The lowest BCUT2D eigenvalue weighted by molar-refractivity contribution is -0.117. The van der Waals surface area contributed by atoms with Crippen LogP contribution in [0.25, 0.3) is 11.0 Å². The van der Waals surface area contributed by atoms with Gasteiger partial charge in [-0.2, -0.15) is 0 Å². The van der Waals surface area contributed by atoms with Crippen molar-refractivity contribution in [2.45, 2.75) is 13.0 Å². The van der Waals surface area contributed by atoms with Crippen molar-refractivity contribution in [3.8, 4) is 0 Å². The van der Waals surface area contributed by atoms with Crippen LogP contribution in [-0.4, -0.2) is 11.0 Å². The molecule has 1 aromatic carbocycles. The number of hydrogen-bond acceptors (Lipinski definition) is 3. The molecular formula is C11H11NO3. The van der Waals surface area contributed by atoms with E-state index in [2.05, 4.69) is 0 Å². The number of hydrogen-bond donors (Lipinski definition) is 2. The fraction of sp³-hybridized carbons (Fsp3) is 0.182. The van der Waals surface area contributed by atoms with Crippen LogP contribution < -0.4 is 5.73 Å². The number of benzene rings is 1. The molecule has 0 saturated carbocycles. The molecule has 78 valence electrons. The largest absolute Gasteiger partial charge is 0.464 e. The highest BCUT2D eigenvalue weighted by Gasteiger charge is 2.08. The summed E-state index contributed by atoms with van der Waals surface area (Å²) in [7, 11) is 0. The predicted octanol–water partition coefficient (Wildman–Crippen LogP) is 0.953. The molecule has 0 aliphatic heterocycles. The maximum absolute atomic E-state index is 10.8. The zero-order chi connectivity index (χ0) is 10.8. The summed E-state index contributed by atoms with van der Waals surface area (Å²) in [4.78, 5) is 10.8. The lowest BCUT2D eigenvalue weighted by Gasteiger charge is -1.96. The van der Waals surface area contributed by atoms with Gasteiger partial charge in [-0.3, -0.25) is 4.79 Å². The van der Waals surface area contributed by atoms with Crippen LogP contribution in [0.2, 0.25) is 0 Å². The molecule has 0 spiro atoms. The van der Waals surface area contributed by atoms with Gasteiger partial charge < -0.3 is 15.3 Å². The van der Waals surface area contributed by atoms with Crippen molar-refractivity contribution in [1.29, 1.82) is 0 Å². The first kappa shape index (κ1) is 9.73. The molecule has 0 aliphatic carbocycles. The molecule has 3 N–H and O–H groups in total.